The number of hydrogen-bond acceptors (Lipinski definition) is 3. The molecule has 1 fully saturated rings. The average Bonchev–Trinajstić information content (AvgIpc) is 3.05. The van der Waals surface area contributed by atoms with Crippen LogP contribution in [0.5, 0.6) is 5.75 Å². The Labute approximate surface area is 159 Å². The molecule has 3 heteroatoms. The van der Waals surface area contributed by atoms with Gasteiger partial charge in [-0.2, -0.15) is 0 Å². The lowest BCUT2D eigenvalue weighted by Crippen LogP contribution is -2.45. The number of fused-ring (bicyclic) bond motifs is 1. The molecule has 4 rings (SSSR count). The number of benzene rings is 2. The standard InChI is InChI=1S/C23H23NOS/c1-17-15-24(16-17)20-10-7-18(8-11-20)5-3-4-6-22-13-19-9-12-21(25-2)14-23(19)26-22/h3-14,17H,15-16H2,1-2H3/b5-3+,6-4+. The van der Waals surface area contributed by atoms with E-state index in [2.05, 4.69) is 78.6 Å². The first kappa shape index (κ1) is 16.9. The van der Waals surface area contributed by atoms with Gasteiger partial charge in [0.1, 0.15) is 5.75 Å². The van der Waals surface area contributed by atoms with Crippen LogP contribution < -0.4 is 9.64 Å². The van der Waals surface area contributed by atoms with E-state index in [1.807, 2.05) is 6.07 Å². The van der Waals surface area contributed by atoms with Crippen LogP contribution in [-0.2, 0) is 0 Å². The SMILES string of the molecule is COc1ccc2cc(/C=C/C=C/c3ccc(N4CC(C)C4)cc3)sc2c1. The maximum absolute atomic E-state index is 5.29. The van der Waals surface area contributed by atoms with E-state index in [1.54, 1.807) is 18.4 Å². The smallest absolute Gasteiger partial charge is 0.120 e. The Hall–Kier alpha value is -2.52. The van der Waals surface area contributed by atoms with Crippen LogP contribution in [0.15, 0.2) is 60.7 Å². The van der Waals surface area contributed by atoms with Gasteiger partial charge in [-0.05, 0) is 59.3 Å². The minimum Gasteiger partial charge on any atom is -0.497 e. The molecule has 0 atom stereocenters. The number of allylic oxidation sites excluding steroid dienone is 2. The van der Waals surface area contributed by atoms with Gasteiger partial charge in [0, 0.05) is 28.4 Å². The summed E-state index contributed by atoms with van der Waals surface area (Å²) in [7, 11) is 1.71. The second-order valence-electron chi connectivity index (χ2n) is 6.87. The Morgan fingerprint density at radius 1 is 1.00 bits per heavy atom. The Kier molecular flexibility index (Phi) is 4.81. The second-order valence-corrected chi connectivity index (χ2v) is 7.99. The minimum atomic E-state index is 0.828. The molecule has 0 bridgehead atoms. The van der Waals surface area contributed by atoms with Crippen molar-refractivity contribution < 1.29 is 4.74 Å². The highest BCUT2D eigenvalue weighted by Crippen LogP contribution is 2.30. The van der Waals surface area contributed by atoms with Gasteiger partial charge < -0.3 is 9.64 Å². The Morgan fingerprint density at radius 2 is 1.77 bits per heavy atom. The highest BCUT2D eigenvalue weighted by Gasteiger charge is 2.22. The topological polar surface area (TPSA) is 12.5 Å². The quantitative estimate of drug-likeness (QED) is 0.510. The molecule has 2 aromatic carbocycles. The average molecular weight is 362 g/mol. The molecule has 0 N–H and O–H groups in total. The Balaban J connectivity index is 1.39. The number of rotatable bonds is 5. The molecule has 0 amide bonds. The molecule has 132 valence electrons. The molecular formula is C23H23NOS. The minimum absolute atomic E-state index is 0.828. The van der Waals surface area contributed by atoms with Gasteiger partial charge in [-0.15, -0.1) is 11.3 Å². The highest BCUT2D eigenvalue weighted by atomic mass is 32.1. The van der Waals surface area contributed by atoms with Crippen molar-refractivity contribution >= 4 is 39.3 Å². The van der Waals surface area contributed by atoms with Crippen LogP contribution in [-0.4, -0.2) is 20.2 Å². The number of hydrogen-bond donors (Lipinski definition) is 0. The third-order valence-electron chi connectivity index (χ3n) is 4.73. The van der Waals surface area contributed by atoms with Gasteiger partial charge >= 0.3 is 0 Å². The summed E-state index contributed by atoms with van der Waals surface area (Å²) < 4.78 is 6.55. The summed E-state index contributed by atoms with van der Waals surface area (Å²) in [5, 5.41) is 1.26. The normalized spacial score (nSPS) is 15.2. The van der Waals surface area contributed by atoms with Gasteiger partial charge in [-0.3, -0.25) is 0 Å². The first-order chi connectivity index (χ1) is 12.7. The van der Waals surface area contributed by atoms with E-state index in [4.69, 9.17) is 4.74 Å². The summed E-state index contributed by atoms with van der Waals surface area (Å²) in [5.74, 6) is 1.74. The van der Waals surface area contributed by atoms with Crippen molar-refractivity contribution in [2.45, 2.75) is 6.92 Å². The summed E-state index contributed by atoms with van der Waals surface area (Å²) in [5.41, 5.74) is 2.56. The molecule has 1 aliphatic rings. The van der Waals surface area contributed by atoms with E-state index in [9.17, 15) is 0 Å². The Bertz CT molecular complexity index is 946. The third-order valence-corrected chi connectivity index (χ3v) is 5.79. The summed E-state index contributed by atoms with van der Waals surface area (Å²) in [6.07, 6.45) is 8.51. The zero-order chi connectivity index (χ0) is 17.9. The molecular weight excluding hydrogens is 338 g/mol. The molecule has 1 saturated heterocycles. The van der Waals surface area contributed by atoms with Crippen molar-refractivity contribution in [1.82, 2.24) is 0 Å². The van der Waals surface area contributed by atoms with Crippen LogP contribution in [0.25, 0.3) is 22.2 Å². The maximum atomic E-state index is 5.29. The van der Waals surface area contributed by atoms with Crippen LogP contribution >= 0.6 is 11.3 Å². The van der Waals surface area contributed by atoms with Gasteiger partial charge in [0.2, 0.25) is 0 Å². The van der Waals surface area contributed by atoms with E-state index in [0.29, 0.717) is 0 Å². The predicted octanol–water partition coefficient (Wildman–Crippen LogP) is 6.09. The van der Waals surface area contributed by atoms with Gasteiger partial charge in [0.25, 0.3) is 0 Å². The number of ether oxygens (including phenoxy) is 1. The largest absolute Gasteiger partial charge is 0.497 e. The summed E-state index contributed by atoms with van der Waals surface area (Å²) in [6.45, 7) is 4.66. The first-order valence-electron chi connectivity index (χ1n) is 8.98. The van der Waals surface area contributed by atoms with Crippen molar-refractivity contribution in [2.24, 2.45) is 5.92 Å². The lowest BCUT2D eigenvalue weighted by atomic mass is 10.0. The van der Waals surface area contributed by atoms with Crippen molar-refractivity contribution in [3.63, 3.8) is 0 Å². The van der Waals surface area contributed by atoms with Gasteiger partial charge in [0.05, 0.1) is 7.11 Å². The highest BCUT2D eigenvalue weighted by molar-refractivity contribution is 7.19. The molecule has 0 radical (unpaired) electrons. The van der Waals surface area contributed by atoms with E-state index >= 15 is 0 Å². The fraction of sp³-hybridized carbons (Fsp3) is 0.217. The van der Waals surface area contributed by atoms with E-state index in [-0.39, 0.29) is 0 Å². The summed E-state index contributed by atoms with van der Waals surface area (Å²) in [6, 6.07) is 17.2. The van der Waals surface area contributed by atoms with Gasteiger partial charge in [-0.25, -0.2) is 0 Å². The van der Waals surface area contributed by atoms with Crippen LogP contribution in [0.3, 0.4) is 0 Å². The van der Waals surface area contributed by atoms with E-state index < -0.39 is 0 Å². The molecule has 2 nitrogen and oxygen atoms in total. The maximum Gasteiger partial charge on any atom is 0.120 e. The van der Waals surface area contributed by atoms with Crippen LogP contribution in [0.4, 0.5) is 5.69 Å². The number of anilines is 1. The van der Waals surface area contributed by atoms with Gasteiger partial charge in [0.15, 0.2) is 0 Å². The molecule has 26 heavy (non-hydrogen) atoms. The number of nitrogens with zero attached hydrogens (tertiary/aromatic N) is 1. The predicted molar refractivity (Wildman–Crippen MR) is 114 cm³/mol. The van der Waals surface area contributed by atoms with E-state index in [0.717, 1.165) is 11.7 Å². The molecule has 1 aliphatic heterocycles. The monoisotopic (exact) mass is 361 g/mol. The molecule has 0 spiro atoms. The first-order valence-corrected chi connectivity index (χ1v) is 9.80. The fourth-order valence-electron chi connectivity index (χ4n) is 3.26. The molecule has 2 heterocycles. The molecule has 0 aliphatic carbocycles. The van der Waals surface area contributed by atoms with Crippen LogP contribution in [0.2, 0.25) is 0 Å². The molecule has 0 saturated carbocycles. The second kappa shape index (κ2) is 7.38. The third kappa shape index (κ3) is 3.68. The van der Waals surface area contributed by atoms with Crippen molar-refractivity contribution in [3.8, 4) is 5.75 Å². The zero-order valence-corrected chi connectivity index (χ0v) is 16.0. The molecule has 0 unspecified atom stereocenters. The lowest BCUT2D eigenvalue weighted by Gasteiger charge is -2.39. The number of thiophene rings is 1. The van der Waals surface area contributed by atoms with Crippen molar-refractivity contribution in [2.75, 3.05) is 25.1 Å². The summed E-state index contributed by atoms with van der Waals surface area (Å²) in [4.78, 5) is 3.68. The van der Waals surface area contributed by atoms with Crippen molar-refractivity contribution in [3.05, 3.63) is 71.1 Å². The van der Waals surface area contributed by atoms with E-state index in [1.165, 1.54) is 39.3 Å². The van der Waals surface area contributed by atoms with Crippen molar-refractivity contribution in [1.29, 1.82) is 0 Å². The van der Waals surface area contributed by atoms with Gasteiger partial charge in [-0.1, -0.05) is 37.3 Å². The fourth-order valence-corrected chi connectivity index (χ4v) is 4.27. The summed E-state index contributed by atoms with van der Waals surface area (Å²) >= 11 is 1.78. The number of methoxy groups -OCH3 is 1. The van der Waals surface area contributed by atoms with Crippen LogP contribution in [0.1, 0.15) is 17.4 Å². The Morgan fingerprint density at radius 3 is 2.50 bits per heavy atom. The zero-order valence-electron chi connectivity index (χ0n) is 15.2. The van der Waals surface area contributed by atoms with Crippen LogP contribution in [0, 0.1) is 5.92 Å². The lowest BCUT2D eigenvalue weighted by molar-refractivity contribution is 0.415. The molecule has 3 aromatic rings. The molecule has 1 aromatic heterocycles.